The fraction of sp³-hybridized carbons (Fsp3) is 0.640. The number of carbonyl (C=O) groups is 3. The Hall–Kier alpha value is -2.65. The van der Waals surface area contributed by atoms with Crippen molar-refractivity contribution in [1.29, 1.82) is 0 Å². The second-order valence-electron chi connectivity index (χ2n) is 9.68. The van der Waals surface area contributed by atoms with E-state index in [4.69, 9.17) is 14.2 Å². The minimum atomic E-state index is -0.980. The molecule has 2 atom stereocenters. The predicted octanol–water partition coefficient (Wildman–Crippen LogP) is 2.37. The van der Waals surface area contributed by atoms with Gasteiger partial charge in [-0.1, -0.05) is 0 Å². The number of carbonyl (C=O) groups excluding carboxylic acids is 3. The summed E-state index contributed by atoms with van der Waals surface area (Å²) in [4.78, 5) is 42.3. The van der Waals surface area contributed by atoms with Gasteiger partial charge in [0.25, 0.3) is 5.91 Å². The second-order valence-corrected chi connectivity index (χ2v) is 9.68. The van der Waals surface area contributed by atoms with Gasteiger partial charge in [0.05, 0.1) is 24.6 Å². The summed E-state index contributed by atoms with van der Waals surface area (Å²) in [5, 5.41) is 3.19. The van der Waals surface area contributed by atoms with Crippen molar-refractivity contribution in [2.45, 2.75) is 52.2 Å². The van der Waals surface area contributed by atoms with Gasteiger partial charge in [0.1, 0.15) is 5.75 Å². The van der Waals surface area contributed by atoms with E-state index in [0.29, 0.717) is 56.2 Å². The van der Waals surface area contributed by atoms with Gasteiger partial charge in [-0.3, -0.25) is 14.4 Å². The molecule has 3 rings (SSSR count). The number of hydrogen-bond acceptors (Lipinski definition) is 7. The van der Waals surface area contributed by atoms with E-state index in [9.17, 15) is 14.4 Å². The predicted molar refractivity (Wildman–Crippen MR) is 129 cm³/mol. The van der Waals surface area contributed by atoms with Crippen molar-refractivity contribution < 1.29 is 28.6 Å². The average molecular weight is 476 g/mol. The number of methoxy groups -OCH3 is 2. The molecular weight excluding hydrogens is 438 g/mol. The highest BCUT2D eigenvalue weighted by Gasteiger charge is 2.41. The van der Waals surface area contributed by atoms with E-state index in [0.717, 1.165) is 0 Å². The van der Waals surface area contributed by atoms with Crippen LogP contribution in [0.1, 0.15) is 40.5 Å². The number of benzene rings is 1. The summed E-state index contributed by atoms with van der Waals surface area (Å²) < 4.78 is 16.1. The molecule has 2 heterocycles. The Labute approximate surface area is 201 Å². The maximum Gasteiger partial charge on any atom is 0.309 e. The lowest BCUT2D eigenvalue weighted by atomic mass is 9.89. The van der Waals surface area contributed by atoms with E-state index in [-0.39, 0.29) is 35.7 Å². The first kappa shape index (κ1) is 26.0. The zero-order valence-corrected chi connectivity index (χ0v) is 21.1. The molecule has 0 saturated carbocycles. The van der Waals surface area contributed by atoms with Gasteiger partial charge in [-0.05, 0) is 58.7 Å². The largest absolute Gasteiger partial charge is 0.476 e. The van der Waals surface area contributed by atoms with Crippen molar-refractivity contribution >= 4 is 29.2 Å². The molecule has 1 fully saturated rings. The lowest BCUT2D eigenvalue weighted by Crippen LogP contribution is -2.53. The maximum atomic E-state index is 13.6. The van der Waals surface area contributed by atoms with E-state index in [1.54, 1.807) is 30.8 Å². The zero-order valence-electron chi connectivity index (χ0n) is 21.1. The van der Waals surface area contributed by atoms with E-state index in [2.05, 4.69) is 5.32 Å². The van der Waals surface area contributed by atoms with E-state index in [1.807, 2.05) is 32.0 Å². The van der Waals surface area contributed by atoms with Crippen LogP contribution in [0.15, 0.2) is 18.2 Å². The Balaban J connectivity index is 1.92. The summed E-state index contributed by atoms with van der Waals surface area (Å²) in [5.41, 5.74) is 0.351. The molecular formula is C25H37N3O6. The molecule has 9 nitrogen and oxygen atoms in total. The molecule has 34 heavy (non-hydrogen) atoms. The highest BCUT2D eigenvalue weighted by atomic mass is 16.5. The Kier molecular flexibility index (Phi) is 8.20. The highest BCUT2D eigenvalue weighted by Crippen LogP contribution is 2.41. The molecule has 0 unspecified atom stereocenters. The number of rotatable bonds is 8. The standard InChI is InChI=1S/C25H37N3O6/c1-16(2)28(22(29)17-12-18(15-26-14-17)23(30)33-6)19-8-9-21-20(13-19)27(10-7-11-32-5)24(31)25(3,4)34-21/h8-9,13,16-18,26H,7,10-12,14-15H2,1-6H3/t17-,18+/m1/s1. The molecule has 0 spiro atoms. The summed E-state index contributed by atoms with van der Waals surface area (Å²) in [6.07, 6.45) is 1.11. The van der Waals surface area contributed by atoms with Crippen LogP contribution in [0.25, 0.3) is 0 Å². The lowest BCUT2D eigenvalue weighted by molar-refractivity contribution is -0.146. The minimum absolute atomic E-state index is 0.0645. The minimum Gasteiger partial charge on any atom is -0.476 e. The van der Waals surface area contributed by atoms with Crippen molar-refractivity contribution in [2.75, 3.05) is 50.3 Å². The summed E-state index contributed by atoms with van der Waals surface area (Å²) in [6.45, 7) is 9.44. The molecule has 9 heteroatoms. The summed E-state index contributed by atoms with van der Waals surface area (Å²) in [7, 11) is 3.00. The average Bonchev–Trinajstić information content (AvgIpc) is 2.81. The zero-order chi connectivity index (χ0) is 25.0. The quantitative estimate of drug-likeness (QED) is 0.455. The molecule has 188 valence electrons. The SMILES string of the molecule is COCCCN1C(=O)C(C)(C)Oc2ccc(N(C(=O)[C@H]3CNC[C@@H](C(=O)OC)C3)C(C)C)cc21. The smallest absolute Gasteiger partial charge is 0.309 e. The molecule has 1 N–H and O–H groups in total. The van der Waals surface area contributed by atoms with Gasteiger partial charge in [0, 0.05) is 45.1 Å². The van der Waals surface area contributed by atoms with Crippen LogP contribution in [0.5, 0.6) is 5.75 Å². The van der Waals surface area contributed by atoms with Crippen LogP contribution >= 0.6 is 0 Å². The van der Waals surface area contributed by atoms with Gasteiger partial charge in [-0.2, -0.15) is 0 Å². The third-order valence-electron chi connectivity index (χ3n) is 6.36. The third kappa shape index (κ3) is 5.36. The Morgan fingerprint density at radius 1 is 1.24 bits per heavy atom. The monoisotopic (exact) mass is 475 g/mol. The first-order valence-corrected chi connectivity index (χ1v) is 11.9. The van der Waals surface area contributed by atoms with Crippen molar-refractivity contribution in [3.8, 4) is 5.75 Å². The van der Waals surface area contributed by atoms with E-state index >= 15 is 0 Å². The van der Waals surface area contributed by atoms with Gasteiger partial charge in [0.2, 0.25) is 5.91 Å². The van der Waals surface area contributed by atoms with Gasteiger partial charge in [-0.15, -0.1) is 0 Å². The number of piperidine rings is 1. The number of anilines is 2. The fourth-order valence-electron chi connectivity index (χ4n) is 4.65. The highest BCUT2D eigenvalue weighted by molar-refractivity contribution is 6.04. The molecule has 2 amide bonds. The molecule has 2 aliphatic heterocycles. The Bertz CT molecular complexity index is 916. The molecule has 0 aliphatic carbocycles. The number of nitrogens with one attached hydrogen (secondary N) is 1. The van der Waals surface area contributed by atoms with Crippen molar-refractivity contribution in [1.82, 2.24) is 5.32 Å². The topological polar surface area (TPSA) is 97.4 Å². The normalized spacial score (nSPS) is 21.6. The van der Waals surface area contributed by atoms with Crippen LogP contribution in [0.4, 0.5) is 11.4 Å². The van der Waals surface area contributed by atoms with Gasteiger partial charge < -0.3 is 29.3 Å². The number of nitrogens with zero attached hydrogens (tertiary/aromatic N) is 2. The summed E-state index contributed by atoms with van der Waals surface area (Å²) >= 11 is 0. The van der Waals surface area contributed by atoms with Gasteiger partial charge >= 0.3 is 5.97 Å². The number of ether oxygens (including phenoxy) is 3. The van der Waals surface area contributed by atoms with Gasteiger partial charge in [-0.25, -0.2) is 0 Å². The van der Waals surface area contributed by atoms with Crippen molar-refractivity contribution in [3.05, 3.63) is 18.2 Å². The first-order chi connectivity index (χ1) is 16.1. The summed E-state index contributed by atoms with van der Waals surface area (Å²) in [5.74, 6) is -0.606. The molecule has 1 saturated heterocycles. The molecule has 0 bridgehead atoms. The van der Waals surface area contributed by atoms with E-state index < -0.39 is 5.60 Å². The van der Waals surface area contributed by atoms with Crippen LogP contribution < -0.4 is 19.9 Å². The number of hydrogen-bond donors (Lipinski definition) is 1. The Morgan fingerprint density at radius 2 is 1.94 bits per heavy atom. The number of esters is 1. The third-order valence-corrected chi connectivity index (χ3v) is 6.36. The fourth-order valence-corrected chi connectivity index (χ4v) is 4.65. The molecule has 0 radical (unpaired) electrons. The Morgan fingerprint density at radius 3 is 2.59 bits per heavy atom. The van der Waals surface area contributed by atoms with Crippen molar-refractivity contribution in [3.63, 3.8) is 0 Å². The van der Waals surface area contributed by atoms with Crippen LogP contribution in [0, 0.1) is 11.8 Å². The first-order valence-electron chi connectivity index (χ1n) is 11.9. The van der Waals surface area contributed by atoms with Crippen LogP contribution in [-0.2, 0) is 23.9 Å². The molecule has 2 aliphatic rings. The second kappa shape index (κ2) is 10.7. The van der Waals surface area contributed by atoms with E-state index in [1.165, 1.54) is 7.11 Å². The maximum absolute atomic E-state index is 13.6. The summed E-state index contributed by atoms with van der Waals surface area (Å²) in [6, 6.07) is 5.40. The molecule has 0 aromatic heterocycles. The number of fused-ring (bicyclic) bond motifs is 1. The number of amides is 2. The molecule has 1 aromatic carbocycles. The van der Waals surface area contributed by atoms with Gasteiger partial charge in [0.15, 0.2) is 5.60 Å². The van der Waals surface area contributed by atoms with Crippen LogP contribution in [0.3, 0.4) is 0 Å². The van der Waals surface area contributed by atoms with Crippen LogP contribution in [-0.4, -0.2) is 69.9 Å². The van der Waals surface area contributed by atoms with Crippen molar-refractivity contribution in [2.24, 2.45) is 11.8 Å². The van der Waals surface area contributed by atoms with Crippen LogP contribution in [0.2, 0.25) is 0 Å². The lowest BCUT2D eigenvalue weighted by Gasteiger charge is -2.40. The molecule has 1 aromatic rings.